The maximum atomic E-state index is 11.6. The van der Waals surface area contributed by atoms with E-state index in [1.807, 2.05) is 0 Å². The molecular weight excluding hydrogens is 259 g/mol. The number of nitrogens with zero attached hydrogens (tertiary/aromatic N) is 1. The molecular formula is C8H20Cl2N2O2S. The van der Waals surface area contributed by atoms with Crippen molar-refractivity contribution in [3.63, 3.8) is 0 Å². The van der Waals surface area contributed by atoms with Gasteiger partial charge in [0.2, 0.25) is 10.0 Å². The Hall–Kier alpha value is 0.450. The molecule has 0 radical (unpaired) electrons. The Morgan fingerprint density at radius 1 is 1.33 bits per heavy atom. The third-order valence-corrected chi connectivity index (χ3v) is 4.49. The van der Waals surface area contributed by atoms with E-state index in [1.54, 1.807) is 11.2 Å². The van der Waals surface area contributed by atoms with Crippen molar-refractivity contribution in [3.8, 4) is 0 Å². The summed E-state index contributed by atoms with van der Waals surface area (Å²) in [5.74, 6) is 0.184. The number of nitrogens with two attached hydrogens (primary N) is 1. The molecule has 0 aliphatic carbocycles. The Balaban J connectivity index is 0. The largest absolute Gasteiger partial charge is 0.329 e. The highest BCUT2D eigenvalue weighted by molar-refractivity contribution is 7.89. The SMILES string of the molecule is CCS(=O)(=O)N1CCCCC1CN.Cl.Cl. The summed E-state index contributed by atoms with van der Waals surface area (Å²) in [7, 11) is -3.03. The lowest BCUT2D eigenvalue weighted by Gasteiger charge is -2.33. The quantitative estimate of drug-likeness (QED) is 0.838. The Kier molecular flexibility index (Phi) is 9.13. The lowest BCUT2D eigenvalue weighted by molar-refractivity contribution is 0.258. The zero-order valence-corrected chi connectivity index (χ0v) is 11.3. The van der Waals surface area contributed by atoms with Gasteiger partial charge in [-0.15, -0.1) is 24.8 Å². The molecule has 2 N–H and O–H groups in total. The number of sulfonamides is 1. The van der Waals surface area contributed by atoms with Crippen LogP contribution in [0.1, 0.15) is 26.2 Å². The molecule has 0 aromatic rings. The molecule has 1 rings (SSSR count). The normalized spacial score (nSPS) is 22.7. The van der Waals surface area contributed by atoms with Gasteiger partial charge in [0.05, 0.1) is 5.75 Å². The Morgan fingerprint density at radius 3 is 2.40 bits per heavy atom. The summed E-state index contributed by atoms with van der Waals surface area (Å²) in [6, 6.07) is 0.0405. The summed E-state index contributed by atoms with van der Waals surface area (Å²) in [4.78, 5) is 0. The molecule has 4 nitrogen and oxygen atoms in total. The summed E-state index contributed by atoms with van der Waals surface area (Å²) in [6.45, 7) is 2.77. The second kappa shape index (κ2) is 7.68. The van der Waals surface area contributed by atoms with Crippen LogP contribution in [-0.4, -0.2) is 37.6 Å². The summed E-state index contributed by atoms with van der Waals surface area (Å²) >= 11 is 0. The topological polar surface area (TPSA) is 63.4 Å². The molecule has 1 unspecified atom stereocenters. The van der Waals surface area contributed by atoms with Crippen LogP contribution in [0, 0.1) is 0 Å². The van der Waals surface area contributed by atoms with E-state index < -0.39 is 10.0 Å². The van der Waals surface area contributed by atoms with Crippen molar-refractivity contribution < 1.29 is 8.42 Å². The Labute approximate surface area is 104 Å². The lowest BCUT2D eigenvalue weighted by Crippen LogP contribution is -2.47. The Bertz CT molecular complexity index is 259. The molecule has 1 heterocycles. The van der Waals surface area contributed by atoms with Crippen molar-refractivity contribution in [3.05, 3.63) is 0 Å². The van der Waals surface area contributed by atoms with Gasteiger partial charge in [0.25, 0.3) is 0 Å². The van der Waals surface area contributed by atoms with Crippen LogP contribution in [0.15, 0.2) is 0 Å². The number of hydrogen-bond acceptors (Lipinski definition) is 3. The molecule has 94 valence electrons. The Morgan fingerprint density at radius 2 is 1.93 bits per heavy atom. The van der Waals surface area contributed by atoms with Crippen LogP contribution in [0.5, 0.6) is 0 Å². The number of hydrogen-bond donors (Lipinski definition) is 1. The molecule has 1 fully saturated rings. The van der Waals surface area contributed by atoms with Gasteiger partial charge < -0.3 is 5.73 Å². The maximum absolute atomic E-state index is 11.6. The minimum Gasteiger partial charge on any atom is -0.329 e. The molecule has 0 saturated carbocycles. The van der Waals surface area contributed by atoms with Gasteiger partial charge in [0, 0.05) is 19.1 Å². The van der Waals surface area contributed by atoms with Gasteiger partial charge in [-0.2, -0.15) is 4.31 Å². The second-order valence-electron chi connectivity index (χ2n) is 3.40. The van der Waals surface area contributed by atoms with Crippen LogP contribution in [0.3, 0.4) is 0 Å². The second-order valence-corrected chi connectivity index (χ2v) is 5.61. The highest BCUT2D eigenvalue weighted by Gasteiger charge is 2.29. The molecule has 0 aromatic heterocycles. The van der Waals surface area contributed by atoms with Crippen LogP contribution in [0.25, 0.3) is 0 Å². The van der Waals surface area contributed by atoms with Crippen molar-refractivity contribution in [2.75, 3.05) is 18.8 Å². The fourth-order valence-corrected chi connectivity index (χ4v) is 3.13. The van der Waals surface area contributed by atoms with Gasteiger partial charge in [-0.3, -0.25) is 0 Å². The van der Waals surface area contributed by atoms with E-state index in [9.17, 15) is 8.42 Å². The van der Waals surface area contributed by atoms with Crippen LogP contribution in [0.4, 0.5) is 0 Å². The average Bonchev–Trinajstić information content (AvgIpc) is 2.18. The number of rotatable bonds is 3. The van der Waals surface area contributed by atoms with Gasteiger partial charge in [0.1, 0.15) is 0 Å². The van der Waals surface area contributed by atoms with Crippen molar-refractivity contribution in [1.29, 1.82) is 0 Å². The number of piperidine rings is 1. The molecule has 7 heteroatoms. The van der Waals surface area contributed by atoms with E-state index in [2.05, 4.69) is 0 Å². The fourth-order valence-electron chi connectivity index (χ4n) is 1.74. The first-order valence-corrected chi connectivity index (χ1v) is 6.42. The molecule has 1 aliphatic rings. The van der Waals surface area contributed by atoms with Crippen molar-refractivity contribution in [1.82, 2.24) is 4.31 Å². The van der Waals surface area contributed by atoms with E-state index >= 15 is 0 Å². The zero-order valence-electron chi connectivity index (χ0n) is 8.89. The first kappa shape index (κ1) is 17.8. The van der Waals surface area contributed by atoms with Gasteiger partial charge >= 0.3 is 0 Å². The molecule has 0 amide bonds. The van der Waals surface area contributed by atoms with Crippen LogP contribution < -0.4 is 5.73 Å². The third-order valence-electron chi connectivity index (χ3n) is 2.57. The highest BCUT2D eigenvalue weighted by Crippen LogP contribution is 2.19. The predicted octanol–water partition coefficient (Wildman–Crippen LogP) is 0.993. The maximum Gasteiger partial charge on any atom is 0.214 e. The van der Waals surface area contributed by atoms with Crippen molar-refractivity contribution >= 4 is 34.8 Å². The van der Waals surface area contributed by atoms with E-state index in [0.717, 1.165) is 19.3 Å². The molecule has 1 aliphatic heterocycles. The van der Waals surface area contributed by atoms with Crippen molar-refractivity contribution in [2.45, 2.75) is 32.2 Å². The van der Waals surface area contributed by atoms with Gasteiger partial charge in [-0.05, 0) is 19.8 Å². The highest BCUT2D eigenvalue weighted by atomic mass is 35.5. The molecule has 0 aromatic carbocycles. The molecule has 1 atom stereocenters. The minimum atomic E-state index is -3.03. The van der Waals surface area contributed by atoms with E-state index in [1.165, 1.54) is 0 Å². The van der Waals surface area contributed by atoms with E-state index in [4.69, 9.17) is 5.73 Å². The fraction of sp³-hybridized carbons (Fsp3) is 1.00. The first-order valence-electron chi connectivity index (χ1n) is 4.81. The molecule has 1 saturated heterocycles. The van der Waals surface area contributed by atoms with Gasteiger partial charge in [-0.25, -0.2) is 8.42 Å². The zero-order chi connectivity index (χ0) is 9.90. The summed E-state index contributed by atoms with van der Waals surface area (Å²) in [6.07, 6.45) is 2.98. The molecule has 0 spiro atoms. The summed E-state index contributed by atoms with van der Waals surface area (Å²) in [5.41, 5.74) is 5.54. The van der Waals surface area contributed by atoms with E-state index in [-0.39, 0.29) is 36.6 Å². The van der Waals surface area contributed by atoms with Crippen LogP contribution in [-0.2, 0) is 10.0 Å². The lowest BCUT2D eigenvalue weighted by atomic mass is 10.1. The molecule has 15 heavy (non-hydrogen) atoms. The first-order chi connectivity index (χ1) is 6.11. The monoisotopic (exact) mass is 278 g/mol. The van der Waals surface area contributed by atoms with Gasteiger partial charge in [0.15, 0.2) is 0 Å². The standard InChI is InChI=1S/C8H18N2O2S.2ClH/c1-2-13(11,12)10-6-4-3-5-8(10)7-9;;/h8H,2-7,9H2,1H3;2*1H. The summed E-state index contributed by atoms with van der Waals surface area (Å²) < 4.78 is 24.8. The molecule has 0 bridgehead atoms. The average molecular weight is 279 g/mol. The minimum absolute atomic E-state index is 0. The summed E-state index contributed by atoms with van der Waals surface area (Å²) in [5, 5.41) is 0. The predicted molar refractivity (Wildman–Crippen MR) is 67.4 cm³/mol. The third kappa shape index (κ3) is 4.44. The van der Waals surface area contributed by atoms with Gasteiger partial charge in [-0.1, -0.05) is 6.42 Å². The van der Waals surface area contributed by atoms with Crippen LogP contribution >= 0.6 is 24.8 Å². The van der Waals surface area contributed by atoms with E-state index in [0.29, 0.717) is 13.1 Å². The smallest absolute Gasteiger partial charge is 0.214 e. The number of halogens is 2. The van der Waals surface area contributed by atoms with Crippen LogP contribution in [0.2, 0.25) is 0 Å². The van der Waals surface area contributed by atoms with Crippen molar-refractivity contribution in [2.24, 2.45) is 5.73 Å².